The maximum atomic E-state index is 8.87. The van der Waals surface area contributed by atoms with Crippen molar-refractivity contribution in [1.29, 1.82) is 5.26 Å². The lowest BCUT2D eigenvalue weighted by molar-refractivity contribution is 1.27. The lowest BCUT2D eigenvalue weighted by atomic mass is 10.1. The van der Waals surface area contributed by atoms with E-state index in [1.165, 1.54) is 31.9 Å². The molecule has 4 N–H and O–H groups in total. The third-order valence-corrected chi connectivity index (χ3v) is 5.42. The molecule has 134 valence electrons. The molecule has 0 bridgehead atoms. The van der Waals surface area contributed by atoms with Gasteiger partial charge in [-0.1, -0.05) is 36.4 Å². The highest BCUT2D eigenvalue weighted by Crippen LogP contribution is 2.34. The monoisotopic (exact) mass is 371 g/mol. The molecule has 1 heterocycles. The zero-order chi connectivity index (χ0) is 19.2. The van der Waals surface area contributed by atoms with Crippen LogP contribution in [0, 0.1) is 11.3 Å². The summed E-state index contributed by atoms with van der Waals surface area (Å²) in [5.74, 6) is 0. The number of benzene rings is 2. The Kier molecular flexibility index (Phi) is 5.75. The number of rotatable bonds is 5. The second kappa shape index (κ2) is 8.39. The van der Waals surface area contributed by atoms with Crippen LogP contribution in [0.25, 0.3) is 20.2 Å². The van der Waals surface area contributed by atoms with Crippen LogP contribution in [0.1, 0.15) is 12.5 Å². The van der Waals surface area contributed by atoms with E-state index in [0.717, 1.165) is 6.42 Å². The zero-order valence-corrected chi connectivity index (χ0v) is 16.0. The van der Waals surface area contributed by atoms with E-state index >= 15 is 0 Å². The summed E-state index contributed by atoms with van der Waals surface area (Å²) >= 11 is 1.82. The van der Waals surface area contributed by atoms with E-state index < -0.39 is 0 Å². The van der Waals surface area contributed by atoms with Crippen molar-refractivity contribution in [2.24, 2.45) is 11.5 Å². The highest BCUT2D eigenvalue weighted by atomic mass is 32.1. The number of nitrogens with zero attached hydrogens (tertiary/aromatic N) is 1. The minimum Gasteiger partial charge on any atom is -0.404 e. The highest BCUT2D eigenvalue weighted by Gasteiger charge is 2.04. The molecule has 3 nitrogen and oxygen atoms in total. The van der Waals surface area contributed by atoms with Crippen molar-refractivity contribution in [3.63, 3.8) is 0 Å². The number of hydrogen-bond acceptors (Lipinski definition) is 4. The first-order chi connectivity index (χ1) is 13.1. The van der Waals surface area contributed by atoms with Crippen molar-refractivity contribution in [3.05, 3.63) is 95.4 Å². The summed E-state index contributed by atoms with van der Waals surface area (Å²) in [5.41, 5.74) is 14.6. The Bertz CT molecular complexity index is 1140. The van der Waals surface area contributed by atoms with E-state index in [-0.39, 0.29) is 0 Å². The summed E-state index contributed by atoms with van der Waals surface area (Å²) in [7, 11) is 0. The minimum absolute atomic E-state index is 0.530. The molecule has 0 aliphatic rings. The molecule has 0 atom stereocenters. The Balaban J connectivity index is 1.76. The SMILES string of the molecule is C\C(C#N)=C/C(=C\N)C(/N)=C/C=C\Cc1ccc2sc3ccccc3c2c1. The zero-order valence-electron chi connectivity index (χ0n) is 15.1. The number of allylic oxidation sites excluding steroid dienone is 5. The van der Waals surface area contributed by atoms with Crippen molar-refractivity contribution in [2.75, 3.05) is 0 Å². The first-order valence-electron chi connectivity index (χ1n) is 8.65. The van der Waals surface area contributed by atoms with Crippen molar-refractivity contribution >= 4 is 31.5 Å². The van der Waals surface area contributed by atoms with Crippen LogP contribution >= 0.6 is 11.3 Å². The molecule has 0 saturated heterocycles. The molecule has 0 aliphatic heterocycles. The van der Waals surface area contributed by atoms with Crippen LogP contribution in [0.5, 0.6) is 0 Å². The standard InChI is InChI=1S/C23H21N3S/c1-16(14-24)12-18(15-25)21(26)8-4-2-6-17-10-11-23-20(13-17)19-7-3-5-9-22(19)27-23/h2-5,7-13,15H,6,25-26H2,1H3/b4-2-,16-12+,18-15+,21-8-. The maximum Gasteiger partial charge on any atom is 0.0944 e. The molecule has 2 aromatic carbocycles. The lowest BCUT2D eigenvalue weighted by Gasteiger charge is -2.01. The van der Waals surface area contributed by atoms with Gasteiger partial charge in [0.15, 0.2) is 0 Å². The van der Waals surface area contributed by atoms with Gasteiger partial charge in [-0.05, 0) is 49.3 Å². The smallest absolute Gasteiger partial charge is 0.0944 e. The third kappa shape index (κ3) is 4.28. The second-order valence-electron chi connectivity index (χ2n) is 6.24. The van der Waals surface area contributed by atoms with Gasteiger partial charge in [-0.3, -0.25) is 0 Å². The van der Waals surface area contributed by atoms with Gasteiger partial charge in [0.1, 0.15) is 0 Å². The summed E-state index contributed by atoms with van der Waals surface area (Å²) < 4.78 is 2.63. The maximum absolute atomic E-state index is 8.87. The Morgan fingerprint density at radius 2 is 1.93 bits per heavy atom. The molecule has 0 fully saturated rings. The molecular formula is C23H21N3S. The van der Waals surface area contributed by atoms with Crippen LogP contribution < -0.4 is 11.5 Å². The molecule has 3 rings (SSSR count). The molecule has 1 aromatic heterocycles. The van der Waals surface area contributed by atoms with Gasteiger partial charge in [-0.15, -0.1) is 11.3 Å². The summed E-state index contributed by atoms with van der Waals surface area (Å²) in [6.07, 6.45) is 9.70. The van der Waals surface area contributed by atoms with Gasteiger partial charge in [0.2, 0.25) is 0 Å². The minimum atomic E-state index is 0.530. The van der Waals surface area contributed by atoms with E-state index in [1.807, 2.05) is 17.4 Å². The largest absolute Gasteiger partial charge is 0.404 e. The van der Waals surface area contributed by atoms with E-state index in [4.69, 9.17) is 16.7 Å². The fraction of sp³-hybridized carbons (Fsp3) is 0.0870. The number of fused-ring (bicyclic) bond motifs is 3. The first kappa shape index (κ1) is 18.5. The van der Waals surface area contributed by atoms with Crippen LogP contribution in [0.15, 0.2) is 89.8 Å². The molecule has 0 aliphatic carbocycles. The molecule has 3 aromatic rings. The van der Waals surface area contributed by atoms with Crippen LogP contribution in [0.4, 0.5) is 0 Å². The van der Waals surface area contributed by atoms with Crippen molar-refractivity contribution in [1.82, 2.24) is 0 Å². The van der Waals surface area contributed by atoms with Crippen molar-refractivity contribution < 1.29 is 0 Å². The summed E-state index contributed by atoms with van der Waals surface area (Å²) in [5, 5.41) is 11.5. The van der Waals surface area contributed by atoms with E-state index in [1.54, 1.807) is 19.1 Å². The predicted octanol–water partition coefficient (Wildman–Crippen LogP) is 5.31. The van der Waals surface area contributed by atoms with Gasteiger partial charge in [-0.2, -0.15) is 5.26 Å². The Labute approximate surface area is 163 Å². The molecule has 0 amide bonds. The Morgan fingerprint density at radius 3 is 2.70 bits per heavy atom. The van der Waals surface area contributed by atoms with E-state index in [0.29, 0.717) is 16.8 Å². The number of hydrogen-bond donors (Lipinski definition) is 2. The molecule has 0 unspecified atom stereocenters. The number of nitriles is 1. The topological polar surface area (TPSA) is 75.8 Å². The van der Waals surface area contributed by atoms with Gasteiger partial charge in [0.05, 0.1) is 6.07 Å². The van der Waals surface area contributed by atoms with Crippen LogP contribution in [0.3, 0.4) is 0 Å². The third-order valence-electron chi connectivity index (χ3n) is 4.27. The quantitative estimate of drug-likeness (QED) is 0.471. The summed E-state index contributed by atoms with van der Waals surface area (Å²) in [6, 6.07) is 17.2. The van der Waals surface area contributed by atoms with Gasteiger partial charge < -0.3 is 11.5 Å². The summed E-state index contributed by atoms with van der Waals surface area (Å²) in [4.78, 5) is 0. The number of nitrogens with two attached hydrogens (primary N) is 2. The average Bonchev–Trinajstić information content (AvgIpc) is 3.07. The Morgan fingerprint density at radius 1 is 1.15 bits per heavy atom. The average molecular weight is 372 g/mol. The van der Waals surface area contributed by atoms with E-state index in [2.05, 4.69) is 54.6 Å². The van der Waals surface area contributed by atoms with Crippen LogP contribution in [-0.2, 0) is 6.42 Å². The predicted molar refractivity (Wildman–Crippen MR) is 116 cm³/mol. The van der Waals surface area contributed by atoms with Gasteiger partial charge in [0.25, 0.3) is 0 Å². The van der Waals surface area contributed by atoms with Crippen LogP contribution in [0.2, 0.25) is 0 Å². The number of thiophene rings is 1. The van der Waals surface area contributed by atoms with Crippen molar-refractivity contribution in [2.45, 2.75) is 13.3 Å². The molecule has 0 spiro atoms. The lowest BCUT2D eigenvalue weighted by Crippen LogP contribution is -2.01. The van der Waals surface area contributed by atoms with Crippen LogP contribution in [-0.4, -0.2) is 0 Å². The summed E-state index contributed by atoms with van der Waals surface area (Å²) in [6.45, 7) is 1.72. The first-order valence-corrected chi connectivity index (χ1v) is 9.47. The fourth-order valence-electron chi connectivity index (χ4n) is 2.87. The molecule has 4 heteroatoms. The van der Waals surface area contributed by atoms with Gasteiger partial charge in [0, 0.05) is 43.2 Å². The molecular weight excluding hydrogens is 350 g/mol. The fourth-order valence-corrected chi connectivity index (χ4v) is 3.95. The normalized spacial score (nSPS) is 13.6. The molecule has 0 saturated carbocycles. The molecule has 27 heavy (non-hydrogen) atoms. The van der Waals surface area contributed by atoms with E-state index in [9.17, 15) is 0 Å². The Hall–Kier alpha value is -3.29. The second-order valence-corrected chi connectivity index (χ2v) is 7.33. The van der Waals surface area contributed by atoms with Gasteiger partial charge in [-0.25, -0.2) is 0 Å². The highest BCUT2D eigenvalue weighted by molar-refractivity contribution is 7.25. The van der Waals surface area contributed by atoms with Crippen molar-refractivity contribution in [3.8, 4) is 6.07 Å². The van der Waals surface area contributed by atoms with Gasteiger partial charge >= 0.3 is 0 Å². The molecule has 0 radical (unpaired) electrons.